The van der Waals surface area contributed by atoms with Gasteiger partial charge in [0.15, 0.2) is 0 Å². The Labute approximate surface area is 212 Å². The van der Waals surface area contributed by atoms with E-state index in [0.717, 1.165) is 16.7 Å². The van der Waals surface area contributed by atoms with Crippen LogP contribution in [0.4, 0.5) is 32.1 Å². The summed E-state index contributed by atoms with van der Waals surface area (Å²) in [5.41, 5.74) is 6.12. The summed E-state index contributed by atoms with van der Waals surface area (Å²) in [5.74, 6) is -0.352. The number of rotatable bonds is 4. The summed E-state index contributed by atoms with van der Waals surface area (Å²) < 4.78 is 21.9. The predicted molar refractivity (Wildman–Crippen MR) is 143 cm³/mol. The third kappa shape index (κ3) is 5.13. The van der Waals surface area contributed by atoms with Gasteiger partial charge in [0, 0.05) is 18.4 Å². The van der Waals surface area contributed by atoms with Crippen molar-refractivity contribution in [3.05, 3.63) is 87.9 Å². The quantitative estimate of drug-likeness (QED) is 0.308. The predicted octanol–water partition coefficient (Wildman–Crippen LogP) is 6.48. The molecule has 186 valence electrons. The molecule has 4 rings (SSSR count). The van der Waals surface area contributed by atoms with Crippen molar-refractivity contribution in [2.75, 3.05) is 23.0 Å². The number of fused-ring (bicyclic) bond motifs is 1. The number of aromatic nitrogens is 1. The number of benzene rings is 3. The van der Waals surface area contributed by atoms with Gasteiger partial charge in [0.1, 0.15) is 17.2 Å². The van der Waals surface area contributed by atoms with Crippen LogP contribution in [-0.4, -0.2) is 23.3 Å². The molecule has 1 heterocycles. The number of anilines is 4. The molecule has 0 radical (unpaired) electrons. The first-order valence-electron chi connectivity index (χ1n) is 11.2. The molecule has 0 fully saturated rings. The third-order valence-corrected chi connectivity index (χ3v) is 5.68. The zero-order valence-corrected chi connectivity index (χ0v) is 21.1. The van der Waals surface area contributed by atoms with E-state index in [1.807, 2.05) is 30.3 Å². The highest BCUT2D eigenvalue weighted by Gasteiger charge is 2.24. The number of hydrogen-bond donors (Lipinski definition) is 2. The minimum Gasteiger partial charge on any atom is -0.443 e. The lowest BCUT2D eigenvalue weighted by molar-refractivity contribution is 0.0588. The number of carbonyl (C=O) groups excluding carboxylic acids is 1. The molecule has 1 aromatic heterocycles. The maximum Gasteiger partial charge on any atom is 0.414 e. The molecule has 4 aromatic rings. The number of carbonyl (C=O) groups is 1. The van der Waals surface area contributed by atoms with Crippen LogP contribution in [0.25, 0.3) is 16.5 Å². The van der Waals surface area contributed by atoms with Gasteiger partial charge in [-0.2, -0.15) is 0 Å². The molecule has 3 N–H and O–H groups in total. The highest BCUT2D eigenvalue weighted by molar-refractivity contribution is 6.32. The molecule has 0 spiro atoms. The van der Waals surface area contributed by atoms with Crippen LogP contribution in [0.1, 0.15) is 20.8 Å². The average molecular weight is 509 g/mol. The lowest BCUT2D eigenvalue weighted by atomic mass is 10.1. The number of halogens is 2. The first-order chi connectivity index (χ1) is 16.9. The SMILES string of the molecule is CN(C(=O)OC(C)(C)C)c1cc2cc(Nc3ccccc3)n(-c3ccc(N)cc3Cl)c(=O)c2cc1F. The van der Waals surface area contributed by atoms with Gasteiger partial charge in [0.05, 0.1) is 21.8 Å². The summed E-state index contributed by atoms with van der Waals surface area (Å²) in [6, 6.07) is 18.3. The number of amides is 1. The Hall–Kier alpha value is -4.04. The van der Waals surface area contributed by atoms with Crippen LogP contribution in [0.2, 0.25) is 5.02 Å². The van der Waals surface area contributed by atoms with Crippen molar-refractivity contribution in [2.24, 2.45) is 0 Å². The smallest absolute Gasteiger partial charge is 0.414 e. The zero-order valence-electron chi connectivity index (χ0n) is 20.3. The summed E-state index contributed by atoms with van der Waals surface area (Å²) in [5, 5.41) is 4.03. The highest BCUT2D eigenvalue weighted by Crippen LogP contribution is 2.31. The Balaban J connectivity index is 1.93. The van der Waals surface area contributed by atoms with E-state index in [1.165, 1.54) is 17.7 Å². The summed E-state index contributed by atoms with van der Waals surface area (Å²) in [6.07, 6.45) is -0.717. The Morgan fingerprint density at radius 2 is 1.78 bits per heavy atom. The van der Waals surface area contributed by atoms with Gasteiger partial charge in [-0.1, -0.05) is 29.8 Å². The van der Waals surface area contributed by atoms with Gasteiger partial charge >= 0.3 is 6.09 Å². The van der Waals surface area contributed by atoms with E-state index in [4.69, 9.17) is 22.1 Å². The summed E-state index contributed by atoms with van der Waals surface area (Å²) in [7, 11) is 1.41. The number of hydrogen-bond acceptors (Lipinski definition) is 5. The molecule has 0 aliphatic heterocycles. The zero-order chi connectivity index (χ0) is 26.2. The molecule has 0 aliphatic carbocycles. The van der Waals surface area contributed by atoms with Crippen molar-refractivity contribution in [1.29, 1.82) is 0 Å². The van der Waals surface area contributed by atoms with Gasteiger partial charge in [-0.3, -0.25) is 14.3 Å². The van der Waals surface area contributed by atoms with Gasteiger partial charge in [0.25, 0.3) is 5.56 Å². The Kier molecular flexibility index (Phi) is 6.65. The van der Waals surface area contributed by atoms with Gasteiger partial charge in [0.2, 0.25) is 0 Å². The first kappa shape index (κ1) is 25.1. The van der Waals surface area contributed by atoms with Crippen molar-refractivity contribution in [3.63, 3.8) is 0 Å². The fourth-order valence-electron chi connectivity index (χ4n) is 3.72. The Bertz CT molecular complexity index is 1510. The minimum atomic E-state index is -0.752. The molecular formula is C27H26ClFN4O3. The number of nitrogens with zero attached hydrogens (tertiary/aromatic N) is 2. The standard InChI is InChI=1S/C27H26ClFN4O3/c1-27(2,3)36-26(35)32(4)23-12-16-13-24(31-18-8-6-5-7-9-18)33(25(34)19(16)15-21(23)29)22-11-10-17(30)14-20(22)28/h5-15,31H,30H2,1-4H3. The molecule has 36 heavy (non-hydrogen) atoms. The maximum atomic E-state index is 15.2. The van der Waals surface area contributed by atoms with Crippen LogP contribution in [0.15, 0.2) is 71.5 Å². The third-order valence-electron chi connectivity index (χ3n) is 5.37. The monoisotopic (exact) mass is 508 g/mol. The molecule has 0 bridgehead atoms. The van der Waals surface area contributed by atoms with Crippen LogP contribution in [0, 0.1) is 5.82 Å². The first-order valence-corrected chi connectivity index (χ1v) is 11.6. The van der Waals surface area contributed by atoms with Crippen molar-refractivity contribution < 1.29 is 13.9 Å². The van der Waals surface area contributed by atoms with Gasteiger partial charge < -0.3 is 15.8 Å². The summed E-state index contributed by atoms with van der Waals surface area (Å²) >= 11 is 6.45. The van der Waals surface area contributed by atoms with E-state index >= 15 is 4.39 Å². The van der Waals surface area contributed by atoms with Crippen LogP contribution < -0.4 is 21.5 Å². The molecule has 7 nitrogen and oxygen atoms in total. The molecule has 0 saturated carbocycles. The van der Waals surface area contributed by atoms with Crippen molar-refractivity contribution in [2.45, 2.75) is 26.4 Å². The van der Waals surface area contributed by atoms with E-state index in [2.05, 4.69) is 5.32 Å². The van der Waals surface area contributed by atoms with Crippen LogP contribution >= 0.6 is 11.6 Å². The van der Waals surface area contributed by atoms with E-state index in [9.17, 15) is 9.59 Å². The maximum absolute atomic E-state index is 15.2. The lowest BCUT2D eigenvalue weighted by Gasteiger charge is -2.25. The summed E-state index contributed by atoms with van der Waals surface area (Å²) in [6.45, 7) is 5.17. The molecule has 9 heteroatoms. The molecule has 0 atom stereocenters. The van der Waals surface area contributed by atoms with Crippen molar-refractivity contribution in [1.82, 2.24) is 4.57 Å². The largest absolute Gasteiger partial charge is 0.443 e. The Morgan fingerprint density at radius 1 is 1.08 bits per heavy atom. The van der Waals surface area contributed by atoms with E-state index in [0.29, 0.717) is 22.6 Å². The number of pyridine rings is 1. The Morgan fingerprint density at radius 3 is 2.42 bits per heavy atom. The van der Waals surface area contributed by atoms with Crippen molar-refractivity contribution >= 4 is 51.3 Å². The molecule has 0 saturated heterocycles. The van der Waals surface area contributed by atoms with Crippen LogP contribution in [0.3, 0.4) is 0 Å². The van der Waals surface area contributed by atoms with E-state index in [1.54, 1.807) is 45.0 Å². The fourth-order valence-corrected chi connectivity index (χ4v) is 3.99. The summed E-state index contributed by atoms with van der Waals surface area (Å²) in [4.78, 5) is 27.3. The topological polar surface area (TPSA) is 89.6 Å². The van der Waals surface area contributed by atoms with Crippen LogP contribution in [0.5, 0.6) is 0 Å². The molecular weight excluding hydrogens is 483 g/mol. The second kappa shape index (κ2) is 9.54. The molecule has 1 amide bonds. The fraction of sp³-hybridized carbons (Fsp3) is 0.185. The van der Waals surface area contributed by atoms with Gasteiger partial charge in [-0.05, 0) is 74.7 Å². The molecule has 0 unspecified atom stereocenters. The number of nitrogen functional groups attached to an aromatic ring is 1. The van der Waals surface area contributed by atoms with Gasteiger partial charge in [-0.15, -0.1) is 0 Å². The van der Waals surface area contributed by atoms with E-state index < -0.39 is 23.1 Å². The minimum absolute atomic E-state index is 0.0231. The average Bonchev–Trinajstić information content (AvgIpc) is 2.79. The second-order valence-electron chi connectivity index (χ2n) is 9.30. The number of nitrogens with one attached hydrogen (secondary N) is 1. The second-order valence-corrected chi connectivity index (χ2v) is 9.71. The molecule has 3 aromatic carbocycles. The number of para-hydroxylation sites is 1. The van der Waals surface area contributed by atoms with E-state index in [-0.39, 0.29) is 16.1 Å². The van der Waals surface area contributed by atoms with Crippen molar-refractivity contribution in [3.8, 4) is 5.69 Å². The van der Waals surface area contributed by atoms with Crippen LogP contribution in [-0.2, 0) is 4.74 Å². The highest BCUT2D eigenvalue weighted by atomic mass is 35.5. The molecule has 0 aliphatic rings. The number of nitrogens with two attached hydrogens (primary N) is 1. The number of ether oxygens (including phenoxy) is 1. The normalized spacial score (nSPS) is 11.4. The lowest BCUT2D eigenvalue weighted by Crippen LogP contribution is -2.34. The van der Waals surface area contributed by atoms with Gasteiger partial charge in [-0.25, -0.2) is 9.18 Å².